The molecule has 0 aliphatic carbocycles. The molecule has 16 heavy (non-hydrogen) atoms. The average molecular weight is 220 g/mol. The van der Waals surface area contributed by atoms with Crippen LogP contribution in [-0.4, -0.2) is 10.9 Å². The first-order chi connectivity index (χ1) is 7.67. The van der Waals surface area contributed by atoms with E-state index in [0.717, 1.165) is 24.8 Å². The third-order valence-corrected chi connectivity index (χ3v) is 2.77. The van der Waals surface area contributed by atoms with Gasteiger partial charge in [0.05, 0.1) is 0 Å². The van der Waals surface area contributed by atoms with Crippen LogP contribution in [0.2, 0.25) is 0 Å². The highest BCUT2D eigenvalue weighted by atomic mass is 16.3. The van der Waals surface area contributed by atoms with Gasteiger partial charge in [-0.2, -0.15) is 0 Å². The third kappa shape index (κ3) is 3.69. The van der Waals surface area contributed by atoms with Gasteiger partial charge in [0.25, 0.3) is 0 Å². The van der Waals surface area contributed by atoms with Crippen molar-refractivity contribution in [2.45, 2.75) is 46.0 Å². The van der Waals surface area contributed by atoms with E-state index in [1.54, 1.807) is 12.1 Å². The fourth-order valence-electron chi connectivity index (χ4n) is 1.86. The number of hydrogen-bond donors (Lipinski definition) is 1. The maximum atomic E-state index is 11.4. The molecule has 1 rings (SSSR count). The summed E-state index contributed by atoms with van der Waals surface area (Å²) in [6.45, 7) is 4.09. The topological polar surface area (TPSA) is 37.3 Å². The fraction of sp³-hybridized carbons (Fsp3) is 0.500. The molecular formula is C14H20O2. The van der Waals surface area contributed by atoms with E-state index in [1.807, 2.05) is 13.0 Å². The Hall–Kier alpha value is -1.31. The number of rotatable bonds is 6. The molecule has 0 spiro atoms. The van der Waals surface area contributed by atoms with Crippen molar-refractivity contribution in [1.29, 1.82) is 0 Å². The molecule has 0 aliphatic rings. The zero-order valence-corrected chi connectivity index (χ0v) is 10.1. The lowest BCUT2D eigenvalue weighted by molar-refractivity contribution is -0.119. The Morgan fingerprint density at radius 3 is 2.56 bits per heavy atom. The van der Waals surface area contributed by atoms with E-state index in [2.05, 4.69) is 6.92 Å². The number of aromatic hydroxyl groups is 1. The van der Waals surface area contributed by atoms with Crippen LogP contribution in [-0.2, 0) is 17.6 Å². The molecule has 0 saturated heterocycles. The van der Waals surface area contributed by atoms with Gasteiger partial charge in [0.2, 0.25) is 0 Å². The van der Waals surface area contributed by atoms with Crippen LogP contribution >= 0.6 is 0 Å². The molecule has 1 aromatic rings. The Morgan fingerprint density at radius 2 is 1.94 bits per heavy atom. The van der Waals surface area contributed by atoms with Crippen LogP contribution in [0.5, 0.6) is 5.75 Å². The highest BCUT2D eigenvalue weighted by Crippen LogP contribution is 2.18. The maximum Gasteiger partial charge on any atom is 0.133 e. The normalized spacial score (nSPS) is 10.4. The van der Waals surface area contributed by atoms with Crippen LogP contribution in [0.25, 0.3) is 0 Å². The summed E-state index contributed by atoms with van der Waals surface area (Å²) in [5.41, 5.74) is 2.33. The van der Waals surface area contributed by atoms with Gasteiger partial charge in [-0.25, -0.2) is 0 Å². The first-order valence-electron chi connectivity index (χ1n) is 5.99. The van der Waals surface area contributed by atoms with Crippen molar-refractivity contribution in [2.24, 2.45) is 0 Å². The smallest absolute Gasteiger partial charge is 0.133 e. The largest absolute Gasteiger partial charge is 0.508 e. The van der Waals surface area contributed by atoms with Gasteiger partial charge < -0.3 is 5.11 Å². The Balaban J connectivity index is 2.63. The van der Waals surface area contributed by atoms with E-state index in [4.69, 9.17) is 0 Å². The molecule has 0 atom stereocenters. The van der Waals surface area contributed by atoms with Crippen molar-refractivity contribution in [1.82, 2.24) is 0 Å². The van der Waals surface area contributed by atoms with E-state index in [0.29, 0.717) is 24.4 Å². The van der Waals surface area contributed by atoms with Crippen LogP contribution in [0.15, 0.2) is 18.2 Å². The first-order valence-corrected chi connectivity index (χ1v) is 5.99. The van der Waals surface area contributed by atoms with E-state index in [9.17, 15) is 9.90 Å². The maximum absolute atomic E-state index is 11.4. The molecule has 0 fully saturated rings. The Kier molecular flexibility index (Phi) is 5.03. The molecule has 2 heteroatoms. The zero-order valence-electron chi connectivity index (χ0n) is 10.1. The molecule has 0 aromatic heterocycles. The minimum Gasteiger partial charge on any atom is -0.508 e. The van der Waals surface area contributed by atoms with Crippen LogP contribution in [0.3, 0.4) is 0 Å². The minimum absolute atomic E-state index is 0.306. The second kappa shape index (κ2) is 6.31. The highest BCUT2D eigenvalue weighted by Gasteiger charge is 2.05. The van der Waals surface area contributed by atoms with Gasteiger partial charge >= 0.3 is 0 Å². The number of phenolic OH excluding ortho intramolecular Hbond substituents is 1. The van der Waals surface area contributed by atoms with E-state index >= 15 is 0 Å². The third-order valence-electron chi connectivity index (χ3n) is 2.77. The van der Waals surface area contributed by atoms with Gasteiger partial charge in [-0.1, -0.05) is 19.9 Å². The summed E-state index contributed by atoms with van der Waals surface area (Å²) in [4.78, 5) is 11.4. The fourth-order valence-corrected chi connectivity index (χ4v) is 1.86. The summed E-state index contributed by atoms with van der Waals surface area (Å²) in [7, 11) is 0. The Morgan fingerprint density at radius 1 is 1.19 bits per heavy atom. The molecule has 0 aliphatic heterocycles. The Labute approximate surface area is 97.3 Å². The van der Waals surface area contributed by atoms with Crippen LogP contribution < -0.4 is 0 Å². The molecule has 0 heterocycles. The molecule has 0 bridgehead atoms. The molecule has 2 nitrogen and oxygen atoms in total. The molecule has 0 radical (unpaired) electrons. The van der Waals surface area contributed by atoms with Crippen molar-refractivity contribution in [2.75, 3.05) is 0 Å². The number of Topliss-reactive ketones (excluding diaryl/α,β-unsaturated/α-hetero) is 1. The molecule has 0 saturated carbocycles. The summed E-state index contributed by atoms with van der Waals surface area (Å²) < 4.78 is 0. The van der Waals surface area contributed by atoms with Crippen LogP contribution in [0.1, 0.15) is 44.2 Å². The second-order valence-corrected chi connectivity index (χ2v) is 4.10. The summed E-state index contributed by atoms with van der Waals surface area (Å²) in [6.07, 6.45) is 3.91. The number of benzene rings is 1. The van der Waals surface area contributed by atoms with Crippen molar-refractivity contribution >= 4 is 5.78 Å². The predicted molar refractivity (Wildman–Crippen MR) is 65.7 cm³/mol. The number of carbonyl (C=O) groups excluding carboxylic acids is 1. The second-order valence-electron chi connectivity index (χ2n) is 4.10. The first kappa shape index (κ1) is 12.8. The van der Waals surface area contributed by atoms with Gasteiger partial charge in [-0.15, -0.1) is 0 Å². The summed E-state index contributed by atoms with van der Waals surface area (Å²) in [5, 5.41) is 9.36. The van der Waals surface area contributed by atoms with Crippen LogP contribution in [0.4, 0.5) is 0 Å². The summed E-state index contributed by atoms with van der Waals surface area (Å²) >= 11 is 0. The van der Waals surface area contributed by atoms with Gasteiger partial charge in [-0.05, 0) is 42.5 Å². The average Bonchev–Trinajstić information content (AvgIpc) is 2.27. The molecule has 88 valence electrons. The lowest BCUT2D eigenvalue weighted by atomic mass is 9.98. The Bertz CT molecular complexity index is 356. The highest BCUT2D eigenvalue weighted by molar-refractivity contribution is 5.78. The molecule has 0 unspecified atom stereocenters. The monoisotopic (exact) mass is 220 g/mol. The van der Waals surface area contributed by atoms with Crippen molar-refractivity contribution in [3.05, 3.63) is 29.3 Å². The number of phenols is 1. The number of hydrogen-bond acceptors (Lipinski definition) is 2. The quantitative estimate of drug-likeness (QED) is 0.799. The predicted octanol–water partition coefficient (Wildman–Crippen LogP) is 3.26. The summed E-state index contributed by atoms with van der Waals surface area (Å²) in [5.74, 6) is 0.637. The van der Waals surface area contributed by atoms with Crippen molar-refractivity contribution in [3.8, 4) is 5.75 Å². The zero-order chi connectivity index (χ0) is 12.0. The van der Waals surface area contributed by atoms with Crippen molar-refractivity contribution in [3.63, 3.8) is 0 Å². The molecular weight excluding hydrogens is 200 g/mol. The van der Waals surface area contributed by atoms with E-state index in [1.165, 1.54) is 5.56 Å². The van der Waals surface area contributed by atoms with Gasteiger partial charge in [-0.3, -0.25) is 4.79 Å². The molecule has 1 aromatic carbocycles. The standard InChI is InChI=1S/C14H20O2/c1-3-5-13(15)8-6-12-7-9-14(16)10-11(12)4-2/h7,9-10,16H,3-6,8H2,1-2H3. The number of aryl methyl sites for hydroxylation is 2. The summed E-state index contributed by atoms with van der Waals surface area (Å²) in [6, 6.07) is 5.41. The number of carbonyl (C=O) groups is 1. The molecule has 0 amide bonds. The SMILES string of the molecule is CCCC(=O)CCc1ccc(O)cc1CC. The number of ketones is 1. The van der Waals surface area contributed by atoms with Crippen molar-refractivity contribution < 1.29 is 9.90 Å². The van der Waals surface area contributed by atoms with E-state index in [-0.39, 0.29) is 0 Å². The lowest BCUT2D eigenvalue weighted by Gasteiger charge is -2.07. The lowest BCUT2D eigenvalue weighted by Crippen LogP contribution is -2.01. The van der Waals surface area contributed by atoms with Gasteiger partial charge in [0.1, 0.15) is 11.5 Å². The van der Waals surface area contributed by atoms with Crippen LogP contribution in [0, 0.1) is 0 Å². The minimum atomic E-state index is 0.306. The molecule has 1 N–H and O–H groups in total. The van der Waals surface area contributed by atoms with Gasteiger partial charge in [0, 0.05) is 12.8 Å². The van der Waals surface area contributed by atoms with E-state index < -0.39 is 0 Å². The van der Waals surface area contributed by atoms with Gasteiger partial charge in [0.15, 0.2) is 0 Å².